The number of alkyl halides is 3. The Morgan fingerprint density at radius 2 is 1.80 bits per heavy atom. The highest BCUT2D eigenvalue weighted by molar-refractivity contribution is 7.81. The highest BCUT2D eigenvalue weighted by Gasteiger charge is 2.36. The second kappa shape index (κ2) is 2.70. The molecule has 0 N–H and O–H groups in total. The molecule has 0 aromatic heterocycles. The Bertz CT molecular complexity index is 197. The number of hydrogen-bond acceptors (Lipinski definition) is 3. The summed E-state index contributed by atoms with van der Waals surface area (Å²) in [6.45, 7) is -2.39. The average Bonchev–Trinajstić information content (AvgIpc) is 1.60. The summed E-state index contributed by atoms with van der Waals surface area (Å²) >= 11 is 0. The van der Waals surface area contributed by atoms with Crippen LogP contribution in [0.3, 0.4) is 0 Å². The Kier molecular flexibility index (Phi) is 2.60. The van der Waals surface area contributed by atoms with Gasteiger partial charge in [-0.2, -0.15) is 21.4 Å². The molecule has 8 heteroatoms. The first-order valence-electron chi connectivity index (χ1n) is 1.86. The van der Waals surface area contributed by atoms with E-state index in [0.717, 1.165) is 0 Å². The summed E-state index contributed by atoms with van der Waals surface area (Å²) in [5, 5.41) is 0. The molecular formula is C2H2F4O3S. The van der Waals surface area contributed by atoms with E-state index in [-0.39, 0.29) is 0 Å². The summed E-state index contributed by atoms with van der Waals surface area (Å²) in [7, 11) is -5.78. The smallest absolute Gasteiger partial charge is 0.241 e. The van der Waals surface area contributed by atoms with Crippen LogP contribution in [0, 0.1) is 0 Å². The molecule has 0 fully saturated rings. The van der Waals surface area contributed by atoms with Crippen molar-refractivity contribution < 1.29 is 29.7 Å². The zero-order valence-corrected chi connectivity index (χ0v) is 5.17. The van der Waals surface area contributed by atoms with Crippen LogP contribution in [0.1, 0.15) is 0 Å². The molecule has 0 atom stereocenters. The lowest BCUT2D eigenvalue weighted by Gasteiger charge is -2.06. The van der Waals surface area contributed by atoms with Crippen LogP contribution in [0.25, 0.3) is 0 Å². The predicted octanol–water partition coefficient (Wildman–Crippen LogP) is 0.780. The summed E-state index contributed by atoms with van der Waals surface area (Å²) in [5.74, 6) is 0. The maximum absolute atomic E-state index is 11.4. The van der Waals surface area contributed by atoms with Gasteiger partial charge in [0.1, 0.15) is 0 Å². The van der Waals surface area contributed by atoms with E-state index in [2.05, 4.69) is 4.18 Å². The Balaban J connectivity index is 4.16. The molecule has 0 aliphatic rings. The minimum atomic E-state index is -5.78. The molecule has 0 unspecified atom stereocenters. The number of hydrogen-bond donors (Lipinski definition) is 0. The van der Waals surface area contributed by atoms with E-state index >= 15 is 0 Å². The first-order valence-corrected chi connectivity index (χ1v) is 3.17. The lowest BCUT2D eigenvalue weighted by atomic mass is 10.7. The minimum absolute atomic E-state index is 2.37. The van der Waals surface area contributed by atoms with Gasteiger partial charge in [0.15, 0.2) is 6.67 Å². The molecule has 0 bridgehead atoms. The van der Waals surface area contributed by atoms with E-state index in [1.165, 1.54) is 0 Å². The van der Waals surface area contributed by atoms with Crippen LogP contribution in [-0.2, 0) is 14.7 Å². The monoisotopic (exact) mass is 182 g/mol. The van der Waals surface area contributed by atoms with Crippen LogP contribution < -0.4 is 0 Å². The molecule has 0 amide bonds. The van der Waals surface area contributed by atoms with Gasteiger partial charge in [-0.1, -0.05) is 3.89 Å². The highest BCUT2D eigenvalue weighted by Crippen LogP contribution is 2.19. The van der Waals surface area contributed by atoms with Gasteiger partial charge in [0, 0.05) is 0 Å². The first-order chi connectivity index (χ1) is 4.27. The van der Waals surface area contributed by atoms with Gasteiger partial charge in [-0.05, 0) is 0 Å². The Morgan fingerprint density at radius 3 is 1.90 bits per heavy atom. The number of halogens is 4. The van der Waals surface area contributed by atoms with Crippen molar-refractivity contribution in [3.63, 3.8) is 0 Å². The van der Waals surface area contributed by atoms with Crippen LogP contribution in [0.15, 0.2) is 0 Å². The predicted molar refractivity (Wildman–Crippen MR) is 22.0 cm³/mol. The molecule has 0 spiro atoms. The highest BCUT2D eigenvalue weighted by atomic mass is 32.3. The van der Waals surface area contributed by atoms with Crippen molar-refractivity contribution in [3.8, 4) is 0 Å². The molecule has 0 rings (SSSR count). The van der Waals surface area contributed by atoms with Gasteiger partial charge in [0.2, 0.25) is 0 Å². The van der Waals surface area contributed by atoms with Crippen LogP contribution in [-0.4, -0.2) is 21.2 Å². The van der Waals surface area contributed by atoms with Crippen LogP contribution in [0.5, 0.6) is 0 Å². The van der Waals surface area contributed by atoms with Gasteiger partial charge in [-0.25, -0.2) is 4.39 Å². The lowest BCUT2D eigenvalue weighted by Crippen LogP contribution is -2.25. The zero-order valence-electron chi connectivity index (χ0n) is 4.35. The summed E-state index contributed by atoms with van der Waals surface area (Å²) < 4.78 is 65.9. The van der Waals surface area contributed by atoms with Crippen LogP contribution >= 0.6 is 0 Å². The molecule has 0 aromatic rings. The fourth-order valence-electron chi connectivity index (χ4n) is 0.168. The second-order valence-electron chi connectivity index (χ2n) is 1.25. The maximum Gasteiger partial charge on any atom is 0.442 e. The largest absolute Gasteiger partial charge is 0.442 e. The normalized spacial score (nSPS) is 13.6. The molecule has 0 saturated heterocycles. The van der Waals surface area contributed by atoms with Gasteiger partial charge in [0.05, 0.1) is 0 Å². The standard InChI is InChI=1S/C2H2F4O3S/c3-1-2(4,5)9-10(6,7)8/h1H2. The molecule has 0 aliphatic carbocycles. The van der Waals surface area contributed by atoms with E-state index in [1.54, 1.807) is 0 Å². The molecule has 0 heterocycles. The quantitative estimate of drug-likeness (QED) is 0.478. The Hall–Kier alpha value is -0.370. The average molecular weight is 182 g/mol. The van der Waals surface area contributed by atoms with Gasteiger partial charge < -0.3 is 0 Å². The minimum Gasteiger partial charge on any atom is -0.241 e. The summed E-state index contributed by atoms with van der Waals surface area (Å²) in [4.78, 5) is 0. The molecule has 3 nitrogen and oxygen atoms in total. The first kappa shape index (κ1) is 9.63. The van der Waals surface area contributed by atoms with E-state index < -0.39 is 23.3 Å². The van der Waals surface area contributed by atoms with Gasteiger partial charge in [-0.15, -0.1) is 0 Å². The van der Waals surface area contributed by atoms with E-state index in [9.17, 15) is 25.5 Å². The molecule has 0 aromatic carbocycles. The summed E-state index contributed by atoms with van der Waals surface area (Å²) in [5.41, 5.74) is 0. The van der Waals surface area contributed by atoms with E-state index in [1.807, 2.05) is 0 Å². The third-order valence-corrected chi connectivity index (χ3v) is 0.820. The van der Waals surface area contributed by atoms with E-state index in [4.69, 9.17) is 0 Å². The van der Waals surface area contributed by atoms with Crippen molar-refractivity contribution in [1.29, 1.82) is 0 Å². The fraction of sp³-hybridized carbons (Fsp3) is 1.00. The summed E-state index contributed by atoms with van der Waals surface area (Å²) in [6, 6.07) is 0. The van der Waals surface area contributed by atoms with Gasteiger partial charge >= 0.3 is 16.6 Å². The Labute approximate surface area is 54.0 Å². The summed E-state index contributed by atoms with van der Waals surface area (Å²) in [6.07, 6.45) is -4.60. The molecule has 0 aliphatic heterocycles. The zero-order chi connectivity index (χ0) is 8.41. The van der Waals surface area contributed by atoms with Crippen LogP contribution in [0.2, 0.25) is 0 Å². The second-order valence-corrected chi connectivity index (χ2v) is 2.20. The van der Waals surface area contributed by atoms with Gasteiger partial charge in [0.25, 0.3) is 0 Å². The van der Waals surface area contributed by atoms with Crippen molar-refractivity contribution in [2.75, 3.05) is 6.67 Å². The number of rotatable bonds is 3. The van der Waals surface area contributed by atoms with Crippen molar-refractivity contribution >= 4 is 10.5 Å². The molecule has 62 valence electrons. The van der Waals surface area contributed by atoms with Crippen molar-refractivity contribution in [3.05, 3.63) is 0 Å². The third kappa shape index (κ3) is 4.50. The third-order valence-electron chi connectivity index (χ3n) is 0.377. The van der Waals surface area contributed by atoms with Crippen molar-refractivity contribution in [2.45, 2.75) is 6.11 Å². The van der Waals surface area contributed by atoms with Gasteiger partial charge in [-0.3, -0.25) is 0 Å². The lowest BCUT2D eigenvalue weighted by molar-refractivity contribution is -0.185. The van der Waals surface area contributed by atoms with E-state index in [0.29, 0.717) is 0 Å². The van der Waals surface area contributed by atoms with Crippen molar-refractivity contribution in [1.82, 2.24) is 0 Å². The molecule has 0 saturated carbocycles. The molecule has 10 heavy (non-hydrogen) atoms. The fourth-order valence-corrected chi connectivity index (χ4v) is 0.504. The van der Waals surface area contributed by atoms with Crippen LogP contribution in [0.4, 0.5) is 17.1 Å². The Morgan fingerprint density at radius 1 is 1.40 bits per heavy atom. The molecular weight excluding hydrogens is 180 g/mol. The van der Waals surface area contributed by atoms with Crippen molar-refractivity contribution in [2.24, 2.45) is 0 Å². The maximum atomic E-state index is 11.4. The molecule has 0 radical (unpaired) electrons. The topological polar surface area (TPSA) is 43.4 Å². The SMILES string of the molecule is O=S(=O)(F)OC(F)(F)CF.